The van der Waals surface area contributed by atoms with Gasteiger partial charge in [0.2, 0.25) is 0 Å². The van der Waals surface area contributed by atoms with Crippen LogP contribution in [0.15, 0.2) is 0 Å². The number of ether oxygens (including phenoxy) is 1. The fraction of sp³-hybridized carbons (Fsp3) is 1.00. The average molecular weight is 129 g/mol. The predicted molar refractivity (Wildman–Crippen MR) is 37.4 cm³/mol. The summed E-state index contributed by atoms with van der Waals surface area (Å²) in [4.78, 5) is 0. The molecule has 0 aromatic carbocycles. The molecule has 0 aliphatic carbocycles. The van der Waals surface area contributed by atoms with Crippen LogP contribution in [0.3, 0.4) is 0 Å². The van der Waals surface area contributed by atoms with E-state index in [1.54, 1.807) is 7.11 Å². The van der Waals surface area contributed by atoms with Gasteiger partial charge in [-0.05, 0) is 18.9 Å². The first kappa shape index (κ1) is 7.03. The Hall–Kier alpha value is -0.0800. The minimum Gasteiger partial charge on any atom is -0.381 e. The van der Waals surface area contributed by atoms with Gasteiger partial charge in [-0.2, -0.15) is 0 Å². The molecule has 2 nitrogen and oxygen atoms in total. The molecule has 0 unspecified atom stereocenters. The van der Waals surface area contributed by atoms with E-state index in [-0.39, 0.29) is 0 Å². The first-order valence-electron chi connectivity index (χ1n) is 3.58. The monoisotopic (exact) mass is 129 g/mol. The van der Waals surface area contributed by atoms with Gasteiger partial charge in [0.15, 0.2) is 0 Å². The number of hydrogen-bond acceptors (Lipinski definition) is 2. The topological polar surface area (TPSA) is 21.3 Å². The van der Waals surface area contributed by atoms with Crippen molar-refractivity contribution < 1.29 is 4.74 Å². The number of methoxy groups -OCH3 is 1. The van der Waals surface area contributed by atoms with Gasteiger partial charge < -0.3 is 10.1 Å². The average Bonchev–Trinajstić information content (AvgIpc) is 1.89. The molecule has 1 aliphatic rings. The van der Waals surface area contributed by atoms with Gasteiger partial charge in [0.1, 0.15) is 0 Å². The van der Waals surface area contributed by atoms with E-state index in [0.717, 1.165) is 19.5 Å². The van der Waals surface area contributed by atoms with Crippen molar-refractivity contribution in [2.45, 2.75) is 19.4 Å². The highest BCUT2D eigenvalue weighted by molar-refractivity contribution is 4.74. The van der Waals surface area contributed by atoms with E-state index in [9.17, 15) is 0 Å². The molecule has 0 aromatic heterocycles. The molecule has 1 saturated heterocycles. The molecule has 1 N–H and O–H groups in total. The van der Waals surface area contributed by atoms with Crippen molar-refractivity contribution in [3.63, 3.8) is 0 Å². The Bertz CT molecular complexity index is 85.0. The lowest BCUT2D eigenvalue weighted by Crippen LogP contribution is -2.39. The zero-order chi connectivity index (χ0) is 6.69. The summed E-state index contributed by atoms with van der Waals surface area (Å²) < 4.78 is 5.26. The fourth-order valence-electron chi connectivity index (χ4n) is 1.34. The number of nitrogens with one attached hydrogen (secondary N) is 1. The summed E-state index contributed by atoms with van der Waals surface area (Å²) in [5.74, 6) is 0.684. The highest BCUT2D eigenvalue weighted by Crippen LogP contribution is 2.12. The lowest BCUT2D eigenvalue weighted by molar-refractivity contribution is 0.0380. The Morgan fingerprint density at radius 1 is 1.56 bits per heavy atom. The van der Waals surface area contributed by atoms with Gasteiger partial charge in [-0.15, -0.1) is 0 Å². The van der Waals surface area contributed by atoms with Gasteiger partial charge in [0, 0.05) is 13.7 Å². The molecule has 54 valence electrons. The Balaban J connectivity index is 2.30. The quantitative estimate of drug-likeness (QED) is 0.560. The van der Waals surface area contributed by atoms with Crippen molar-refractivity contribution in [3.8, 4) is 0 Å². The van der Waals surface area contributed by atoms with Gasteiger partial charge >= 0.3 is 0 Å². The molecule has 1 fully saturated rings. The summed E-state index contributed by atoms with van der Waals surface area (Å²) in [6.07, 6.45) is 1.66. The highest BCUT2D eigenvalue weighted by atomic mass is 16.5. The van der Waals surface area contributed by atoms with Crippen LogP contribution in [0.5, 0.6) is 0 Å². The maximum atomic E-state index is 5.26. The maximum Gasteiger partial charge on any atom is 0.0621 e. The van der Waals surface area contributed by atoms with Crippen LogP contribution in [0.1, 0.15) is 13.3 Å². The minimum atomic E-state index is 0.492. The Labute approximate surface area is 56.6 Å². The summed E-state index contributed by atoms with van der Waals surface area (Å²) in [7, 11) is 1.80. The fourth-order valence-corrected chi connectivity index (χ4v) is 1.34. The van der Waals surface area contributed by atoms with Crippen molar-refractivity contribution in [2.24, 2.45) is 5.92 Å². The second-order valence-electron chi connectivity index (χ2n) is 2.74. The zero-order valence-electron chi connectivity index (χ0n) is 6.18. The lowest BCUT2D eigenvalue weighted by atomic mass is 9.98. The predicted octanol–water partition coefficient (Wildman–Crippen LogP) is 0.631. The molecule has 0 amide bonds. The van der Waals surface area contributed by atoms with Crippen molar-refractivity contribution in [3.05, 3.63) is 0 Å². The Morgan fingerprint density at radius 2 is 2.33 bits per heavy atom. The number of rotatable bonds is 1. The normalized spacial score (nSPS) is 36.7. The van der Waals surface area contributed by atoms with Gasteiger partial charge in [-0.25, -0.2) is 0 Å². The largest absolute Gasteiger partial charge is 0.381 e. The first-order valence-corrected chi connectivity index (χ1v) is 3.58. The molecular formula is C7H15NO. The van der Waals surface area contributed by atoms with E-state index < -0.39 is 0 Å². The van der Waals surface area contributed by atoms with E-state index >= 15 is 0 Å². The molecule has 1 rings (SSSR count). The summed E-state index contributed by atoms with van der Waals surface area (Å²) in [5.41, 5.74) is 0. The molecule has 1 aliphatic heterocycles. The van der Waals surface area contributed by atoms with Crippen molar-refractivity contribution in [2.75, 3.05) is 20.2 Å². The van der Waals surface area contributed by atoms with Crippen LogP contribution >= 0.6 is 0 Å². The SMILES string of the molecule is CO[C@@H]1CCNC[C@H]1C. The molecule has 2 atom stereocenters. The maximum absolute atomic E-state index is 5.26. The lowest BCUT2D eigenvalue weighted by Gasteiger charge is -2.27. The molecule has 0 spiro atoms. The van der Waals surface area contributed by atoms with E-state index in [2.05, 4.69) is 12.2 Å². The molecule has 9 heavy (non-hydrogen) atoms. The molecule has 0 bridgehead atoms. The summed E-state index contributed by atoms with van der Waals surface area (Å²) in [5, 5.41) is 3.32. The molecular weight excluding hydrogens is 114 g/mol. The third-order valence-corrected chi connectivity index (χ3v) is 2.01. The summed E-state index contributed by atoms with van der Waals surface area (Å²) in [6.45, 7) is 4.45. The third kappa shape index (κ3) is 1.66. The standard InChI is InChI=1S/C7H15NO/c1-6-5-8-4-3-7(6)9-2/h6-8H,3-5H2,1-2H3/t6-,7-/m1/s1. The number of hydrogen-bond donors (Lipinski definition) is 1. The van der Waals surface area contributed by atoms with Gasteiger partial charge in [-0.3, -0.25) is 0 Å². The van der Waals surface area contributed by atoms with Crippen molar-refractivity contribution in [1.29, 1.82) is 0 Å². The van der Waals surface area contributed by atoms with Crippen LogP contribution in [0, 0.1) is 5.92 Å². The van der Waals surface area contributed by atoms with Crippen LogP contribution in [0.4, 0.5) is 0 Å². The van der Waals surface area contributed by atoms with E-state index in [1.165, 1.54) is 0 Å². The first-order chi connectivity index (χ1) is 4.34. The smallest absolute Gasteiger partial charge is 0.0621 e. The van der Waals surface area contributed by atoms with Gasteiger partial charge in [0.05, 0.1) is 6.10 Å². The van der Waals surface area contributed by atoms with Crippen molar-refractivity contribution >= 4 is 0 Å². The molecule has 2 heteroatoms. The van der Waals surface area contributed by atoms with E-state index in [1.807, 2.05) is 0 Å². The second-order valence-corrected chi connectivity index (χ2v) is 2.74. The molecule has 0 radical (unpaired) electrons. The van der Waals surface area contributed by atoms with E-state index in [4.69, 9.17) is 4.74 Å². The van der Waals surface area contributed by atoms with E-state index in [0.29, 0.717) is 12.0 Å². The Morgan fingerprint density at radius 3 is 2.78 bits per heavy atom. The highest BCUT2D eigenvalue weighted by Gasteiger charge is 2.19. The van der Waals surface area contributed by atoms with Crippen LogP contribution in [-0.2, 0) is 4.74 Å². The molecule has 0 saturated carbocycles. The van der Waals surface area contributed by atoms with Gasteiger partial charge in [-0.1, -0.05) is 6.92 Å². The van der Waals surface area contributed by atoms with Crippen LogP contribution in [0.2, 0.25) is 0 Å². The summed E-state index contributed by atoms with van der Waals surface area (Å²) >= 11 is 0. The third-order valence-electron chi connectivity index (χ3n) is 2.01. The zero-order valence-corrected chi connectivity index (χ0v) is 6.18. The summed E-state index contributed by atoms with van der Waals surface area (Å²) in [6, 6.07) is 0. The van der Waals surface area contributed by atoms with Crippen LogP contribution in [-0.4, -0.2) is 26.3 Å². The van der Waals surface area contributed by atoms with Crippen LogP contribution in [0.25, 0.3) is 0 Å². The number of piperidine rings is 1. The van der Waals surface area contributed by atoms with Gasteiger partial charge in [0.25, 0.3) is 0 Å². The molecule has 1 heterocycles. The second kappa shape index (κ2) is 3.18. The molecule has 0 aromatic rings. The van der Waals surface area contributed by atoms with Crippen LogP contribution < -0.4 is 5.32 Å². The van der Waals surface area contributed by atoms with Crippen molar-refractivity contribution in [1.82, 2.24) is 5.32 Å². The minimum absolute atomic E-state index is 0.492. The Kier molecular flexibility index (Phi) is 2.49.